The molecule has 0 spiro atoms. The average Bonchev–Trinajstić information content (AvgIpc) is 2.79. The van der Waals surface area contributed by atoms with Crippen molar-refractivity contribution >= 4 is 16.8 Å². The Morgan fingerprint density at radius 3 is 2.94 bits per heavy atom. The second-order valence-electron chi connectivity index (χ2n) is 4.47. The minimum atomic E-state index is -0.182. The normalized spacial score (nSPS) is 12.6. The van der Waals surface area contributed by atoms with Gasteiger partial charge >= 0.3 is 0 Å². The number of benzene rings is 1. The van der Waals surface area contributed by atoms with Crippen molar-refractivity contribution in [1.29, 1.82) is 0 Å². The fourth-order valence-corrected chi connectivity index (χ4v) is 1.95. The zero-order valence-electron chi connectivity index (χ0n) is 10.5. The van der Waals surface area contributed by atoms with Crippen LogP contribution in [0.3, 0.4) is 0 Å². The van der Waals surface area contributed by atoms with Crippen molar-refractivity contribution in [2.24, 2.45) is 0 Å². The zero-order valence-corrected chi connectivity index (χ0v) is 10.5. The maximum absolute atomic E-state index is 11.6. The monoisotopic (exact) mass is 246 g/mol. The van der Waals surface area contributed by atoms with E-state index in [4.69, 9.17) is 5.11 Å². The SMILES string of the molecule is C[C@@H](CO)NC(=O)CCn1ccc2ccccc21. The Labute approximate surface area is 106 Å². The molecule has 4 nitrogen and oxygen atoms in total. The molecule has 0 aliphatic heterocycles. The highest BCUT2D eigenvalue weighted by Crippen LogP contribution is 2.15. The van der Waals surface area contributed by atoms with Gasteiger partial charge in [0.1, 0.15) is 0 Å². The van der Waals surface area contributed by atoms with Crippen LogP contribution in [0.15, 0.2) is 36.5 Å². The molecule has 18 heavy (non-hydrogen) atoms. The molecular formula is C14H18N2O2. The number of aromatic nitrogens is 1. The fourth-order valence-electron chi connectivity index (χ4n) is 1.95. The van der Waals surface area contributed by atoms with Gasteiger partial charge in [-0.2, -0.15) is 0 Å². The largest absolute Gasteiger partial charge is 0.394 e. The molecule has 0 unspecified atom stereocenters. The predicted molar refractivity (Wildman–Crippen MR) is 71.2 cm³/mol. The second kappa shape index (κ2) is 5.69. The smallest absolute Gasteiger partial charge is 0.222 e. The van der Waals surface area contributed by atoms with E-state index in [2.05, 4.69) is 16.0 Å². The first kappa shape index (κ1) is 12.6. The minimum absolute atomic E-state index is 0.0296. The summed E-state index contributed by atoms with van der Waals surface area (Å²) in [6.45, 7) is 2.40. The van der Waals surface area contributed by atoms with Crippen molar-refractivity contribution in [3.05, 3.63) is 36.5 Å². The predicted octanol–water partition coefficient (Wildman–Crippen LogP) is 1.53. The summed E-state index contributed by atoms with van der Waals surface area (Å²) in [5.74, 6) is -0.0330. The van der Waals surface area contributed by atoms with Crippen molar-refractivity contribution < 1.29 is 9.90 Å². The summed E-state index contributed by atoms with van der Waals surface area (Å²) in [5, 5.41) is 12.8. The lowest BCUT2D eigenvalue weighted by Gasteiger charge is -2.11. The lowest BCUT2D eigenvalue weighted by Crippen LogP contribution is -2.35. The Morgan fingerprint density at radius 1 is 1.39 bits per heavy atom. The van der Waals surface area contributed by atoms with E-state index in [1.807, 2.05) is 30.5 Å². The topological polar surface area (TPSA) is 54.3 Å². The molecule has 1 aromatic heterocycles. The molecule has 0 bridgehead atoms. The highest BCUT2D eigenvalue weighted by molar-refractivity contribution is 5.80. The molecule has 2 aromatic rings. The van der Waals surface area contributed by atoms with Crippen LogP contribution in [0, 0.1) is 0 Å². The summed E-state index contributed by atoms with van der Waals surface area (Å²) < 4.78 is 2.07. The van der Waals surface area contributed by atoms with E-state index in [1.54, 1.807) is 6.92 Å². The summed E-state index contributed by atoms with van der Waals surface area (Å²) in [6.07, 6.45) is 2.41. The number of rotatable bonds is 5. The number of para-hydroxylation sites is 1. The first-order valence-corrected chi connectivity index (χ1v) is 6.15. The van der Waals surface area contributed by atoms with Crippen molar-refractivity contribution in [3.8, 4) is 0 Å². The van der Waals surface area contributed by atoms with Gasteiger partial charge in [0, 0.05) is 30.7 Å². The number of nitrogens with zero attached hydrogens (tertiary/aromatic N) is 1. The molecule has 0 saturated heterocycles. The number of aryl methyl sites for hydroxylation is 1. The van der Waals surface area contributed by atoms with Gasteiger partial charge in [-0.3, -0.25) is 4.79 Å². The van der Waals surface area contributed by atoms with Gasteiger partial charge < -0.3 is 15.0 Å². The van der Waals surface area contributed by atoms with Crippen LogP contribution < -0.4 is 5.32 Å². The van der Waals surface area contributed by atoms with E-state index in [0.717, 1.165) is 5.52 Å². The number of hydrogen-bond acceptors (Lipinski definition) is 2. The molecule has 1 heterocycles. The number of fused-ring (bicyclic) bond motifs is 1. The molecule has 4 heteroatoms. The second-order valence-corrected chi connectivity index (χ2v) is 4.47. The van der Waals surface area contributed by atoms with Crippen LogP contribution in [0.5, 0.6) is 0 Å². The number of amides is 1. The molecule has 0 aliphatic carbocycles. The van der Waals surface area contributed by atoms with Gasteiger partial charge in [-0.15, -0.1) is 0 Å². The molecule has 2 rings (SSSR count). The third-order valence-corrected chi connectivity index (χ3v) is 2.94. The van der Waals surface area contributed by atoms with Gasteiger partial charge in [0.05, 0.1) is 6.61 Å². The van der Waals surface area contributed by atoms with E-state index < -0.39 is 0 Å². The van der Waals surface area contributed by atoms with E-state index >= 15 is 0 Å². The zero-order chi connectivity index (χ0) is 13.0. The molecule has 0 saturated carbocycles. The molecule has 0 radical (unpaired) electrons. The Bertz CT molecular complexity index is 533. The Morgan fingerprint density at radius 2 is 2.17 bits per heavy atom. The van der Waals surface area contributed by atoms with Gasteiger partial charge in [-0.1, -0.05) is 18.2 Å². The van der Waals surface area contributed by atoms with Crippen LogP contribution >= 0.6 is 0 Å². The number of carbonyl (C=O) groups is 1. The first-order chi connectivity index (χ1) is 8.70. The summed E-state index contributed by atoms with van der Waals surface area (Å²) in [4.78, 5) is 11.6. The molecule has 0 fully saturated rings. The lowest BCUT2D eigenvalue weighted by molar-refractivity contribution is -0.122. The fraction of sp³-hybridized carbons (Fsp3) is 0.357. The molecule has 2 N–H and O–H groups in total. The molecular weight excluding hydrogens is 228 g/mol. The van der Waals surface area contributed by atoms with E-state index in [9.17, 15) is 4.79 Å². The van der Waals surface area contributed by atoms with Crippen LogP contribution in [-0.4, -0.2) is 28.2 Å². The van der Waals surface area contributed by atoms with Gasteiger partial charge in [0.2, 0.25) is 5.91 Å². The maximum Gasteiger partial charge on any atom is 0.222 e. The standard InChI is InChI=1S/C14H18N2O2/c1-11(10-17)15-14(18)7-9-16-8-6-12-4-2-3-5-13(12)16/h2-6,8,11,17H,7,9-10H2,1H3,(H,15,18)/t11-/m0/s1. The third-order valence-electron chi connectivity index (χ3n) is 2.94. The van der Waals surface area contributed by atoms with E-state index in [-0.39, 0.29) is 18.6 Å². The Balaban J connectivity index is 1.96. The molecule has 1 aromatic carbocycles. The Kier molecular flexibility index (Phi) is 3.99. The highest BCUT2D eigenvalue weighted by atomic mass is 16.3. The minimum Gasteiger partial charge on any atom is -0.394 e. The summed E-state index contributed by atoms with van der Waals surface area (Å²) in [6, 6.07) is 9.96. The number of carbonyl (C=O) groups excluding carboxylic acids is 1. The molecule has 1 amide bonds. The van der Waals surface area contributed by atoms with Crippen LogP contribution in [-0.2, 0) is 11.3 Å². The van der Waals surface area contributed by atoms with Crippen molar-refractivity contribution in [1.82, 2.24) is 9.88 Å². The van der Waals surface area contributed by atoms with Gasteiger partial charge in [-0.05, 0) is 24.4 Å². The average molecular weight is 246 g/mol. The third kappa shape index (κ3) is 2.90. The van der Waals surface area contributed by atoms with Crippen molar-refractivity contribution in [2.45, 2.75) is 25.9 Å². The molecule has 96 valence electrons. The number of aliphatic hydroxyl groups excluding tert-OH is 1. The summed E-state index contributed by atoms with van der Waals surface area (Å²) >= 11 is 0. The van der Waals surface area contributed by atoms with Crippen LogP contribution in [0.25, 0.3) is 10.9 Å². The van der Waals surface area contributed by atoms with Crippen molar-refractivity contribution in [2.75, 3.05) is 6.61 Å². The number of nitrogens with one attached hydrogen (secondary N) is 1. The van der Waals surface area contributed by atoms with Gasteiger partial charge in [0.15, 0.2) is 0 Å². The Hall–Kier alpha value is -1.81. The van der Waals surface area contributed by atoms with Crippen LogP contribution in [0.2, 0.25) is 0 Å². The number of aliphatic hydroxyl groups is 1. The number of hydrogen-bond donors (Lipinski definition) is 2. The quantitative estimate of drug-likeness (QED) is 0.840. The summed E-state index contributed by atoms with van der Waals surface area (Å²) in [5.41, 5.74) is 1.14. The molecule has 0 aliphatic rings. The van der Waals surface area contributed by atoms with Crippen LogP contribution in [0.1, 0.15) is 13.3 Å². The van der Waals surface area contributed by atoms with E-state index in [0.29, 0.717) is 13.0 Å². The highest BCUT2D eigenvalue weighted by Gasteiger charge is 2.07. The molecule has 1 atom stereocenters. The van der Waals surface area contributed by atoms with E-state index in [1.165, 1.54) is 5.39 Å². The summed E-state index contributed by atoms with van der Waals surface area (Å²) in [7, 11) is 0. The van der Waals surface area contributed by atoms with Crippen molar-refractivity contribution in [3.63, 3.8) is 0 Å². The van der Waals surface area contributed by atoms with Gasteiger partial charge in [-0.25, -0.2) is 0 Å². The maximum atomic E-state index is 11.6. The van der Waals surface area contributed by atoms with Crippen LogP contribution in [0.4, 0.5) is 0 Å². The lowest BCUT2D eigenvalue weighted by atomic mass is 10.2. The van der Waals surface area contributed by atoms with Gasteiger partial charge in [0.25, 0.3) is 0 Å². The first-order valence-electron chi connectivity index (χ1n) is 6.15.